The van der Waals surface area contributed by atoms with Crippen molar-refractivity contribution in [2.75, 3.05) is 10.3 Å². The van der Waals surface area contributed by atoms with Crippen molar-refractivity contribution < 1.29 is 33.5 Å². The van der Waals surface area contributed by atoms with Gasteiger partial charge in [-0.15, -0.1) is 0 Å². The van der Waals surface area contributed by atoms with Gasteiger partial charge in [-0.1, -0.05) is 96.1 Å². The predicted octanol–water partition coefficient (Wildman–Crippen LogP) is 7.26. The lowest BCUT2D eigenvalue weighted by molar-refractivity contribution is -0.138. The number of benzene rings is 5. The number of ketones is 1. The Morgan fingerprint density at radius 1 is 0.768 bits per heavy atom. The Hall–Kier alpha value is -6.68. The first-order chi connectivity index (χ1) is 27.1. The van der Waals surface area contributed by atoms with Crippen LogP contribution in [0, 0.1) is 36.4 Å². The number of halogens is 1. The van der Waals surface area contributed by atoms with Gasteiger partial charge < -0.3 is 5.11 Å². The normalized spacial score (nSPS) is 25.4. The number of nitrogens with zero attached hydrogens (tertiary/aromatic N) is 2. The number of phenolic OH excluding ortho intramolecular Hbond substituents is 1. The molecule has 0 unspecified atom stereocenters. The Bertz CT molecular complexity index is 2470. The molecule has 0 spiro atoms. The molecule has 9 nitrogen and oxygen atoms in total. The van der Waals surface area contributed by atoms with Gasteiger partial charge in [-0.25, -0.2) is 4.39 Å². The smallest absolute Gasteiger partial charge is 0.260 e. The number of hydrogen-bond acceptors (Lipinski definition) is 7. The van der Waals surface area contributed by atoms with Crippen molar-refractivity contribution >= 4 is 40.8 Å². The number of anilines is 2. The summed E-state index contributed by atoms with van der Waals surface area (Å²) in [5.41, 5.74) is 5.82. The quantitative estimate of drug-likeness (QED) is 0.102. The van der Waals surface area contributed by atoms with E-state index in [0.29, 0.717) is 39.2 Å². The van der Waals surface area contributed by atoms with Crippen molar-refractivity contribution in [2.24, 2.45) is 23.7 Å². The fourth-order valence-corrected chi connectivity index (χ4v) is 9.60. The number of hydrogen-bond donors (Lipinski definition) is 2. The van der Waals surface area contributed by atoms with Crippen LogP contribution in [0.25, 0.3) is 0 Å². The van der Waals surface area contributed by atoms with Gasteiger partial charge in [-0.05, 0) is 85.3 Å². The van der Waals surface area contributed by atoms with E-state index in [-0.39, 0.29) is 24.5 Å². The van der Waals surface area contributed by atoms with Gasteiger partial charge in [0, 0.05) is 17.0 Å². The monoisotopic (exact) mass is 745 g/mol. The molecule has 9 rings (SSSR count). The number of carbonyl (C=O) groups excluding carboxylic acids is 5. The van der Waals surface area contributed by atoms with Crippen molar-refractivity contribution in [1.82, 2.24) is 5.01 Å². The van der Waals surface area contributed by atoms with E-state index >= 15 is 9.18 Å². The zero-order valence-electron chi connectivity index (χ0n) is 30.3. The van der Waals surface area contributed by atoms with Crippen LogP contribution >= 0.6 is 0 Å². The summed E-state index contributed by atoms with van der Waals surface area (Å²) in [4.78, 5) is 73.2. The topological polar surface area (TPSA) is 124 Å². The Balaban J connectivity index is 1.15. The van der Waals surface area contributed by atoms with Crippen LogP contribution in [0.2, 0.25) is 0 Å². The van der Waals surface area contributed by atoms with E-state index in [0.717, 1.165) is 10.6 Å². The third-order valence-corrected chi connectivity index (χ3v) is 12.1. The molecular formula is C46H36FN3O6. The van der Waals surface area contributed by atoms with Gasteiger partial charge in [0.05, 0.1) is 34.5 Å². The zero-order chi connectivity index (χ0) is 38.9. The average molecular weight is 746 g/mol. The molecule has 4 aliphatic rings. The minimum atomic E-state index is -1.57. The maximum absolute atomic E-state index is 15.4. The van der Waals surface area contributed by atoms with Gasteiger partial charge in [0.15, 0.2) is 17.3 Å². The lowest BCUT2D eigenvalue weighted by Gasteiger charge is -2.50. The Morgan fingerprint density at radius 2 is 1.43 bits per heavy atom. The summed E-state index contributed by atoms with van der Waals surface area (Å²) in [6.45, 7) is 1.93. The molecule has 5 aromatic rings. The number of imide groups is 2. The molecule has 0 radical (unpaired) electrons. The predicted molar refractivity (Wildman–Crippen MR) is 206 cm³/mol. The minimum Gasteiger partial charge on any atom is -0.505 e. The van der Waals surface area contributed by atoms with E-state index in [2.05, 4.69) is 5.43 Å². The van der Waals surface area contributed by atoms with Gasteiger partial charge in [-0.3, -0.25) is 34.3 Å². The fourth-order valence-electron chi connectivity index (χ4n) is 9.60. The van der Waals surface area contributed by atoms with Crippen LogP contribution in [-0.2, 0) is 24.6 Å². The van der Waals surface area contributed by atoms with Gasteiger partial charge in [0.25, 0.3) is 11.8 Å². The van der Waals surface area contributed by atoms with E-state index in [9.17, 15) is 24.3 Å². The van der Waals surface area contributed by atoms with Gasteiger partial charge >= 0.3 is 0 Å². The summed E-state index contributed by atoms with van der Waals surface area (Å²) in [7, 11) is 0. The third-order valence-electron chi connectivity index (χ3n) is 12.1. The van der Waals surface area contributed by atoms with Crippen molar-refractivity contribution in [2.45, 2.75) is 31.1 Å². The standard InChI is InChI=1S/C46H36FN3O6/c1-26-12-17-31(18-13-26)48-50-43(54)36-25-35-33(40(29-16-23-38(51)37(47)24-29)46(36,45(50)56)30-10-6-3-7-11-30)21-22-34-39(35)44(55)49(42(34)53)32-19-14-28(15-20-32)41(52)27-8-4-2-5-9-27/h2-21,23-24,34-36,39-40,48,51H,22,25H2,1H3/t34-,35+,36-,39-,40-,46+/m0/s1. The number of hydrazine groups is 1. The second kappa shape index (κ2) is 13.3. The molecular weight excluding hydrogens is 710 g/mol. The molecule has 5 aromatic carbocycles. The second-order valence-electron chi connectivity index (χ2n) is 15.1. The highest BCUT2D eigenvalue weighted by molar-refractivity contribution is 6.23. The SMILES string of the molecule is Cc1ccc(NN2C(=O)[C@@H]3C[C@@H]4C(=CC[C@@H]5C(=O)N(c6ccc(C(=O)c7ccccc7)cc6)C(=O)[C@@H]54)[C@H](c4ccc(O)c(F)c4)[C@]3(c3ccccc3)C2=O)cc1. The van der Waals surface area contributed by atoms with Crippen LogP contribution in [0.3, 0.4) is 0 Å². The molecule has 10 heteroatoms. The first kappa shape index (κ1) is 35.0. The van der Waals surface area contributed by atoms with E-state index in [1.54, 1.807) is 91.0 Å². The van der Waals surface area contributed by atoms with Crippen LogP contribution in [0.15, 0.2) is 139 Å². The Labute approximate surface area is 322 Å². The molecule has 6 atom stereocenters. The van der Waals surface area contributed by atoms with Gasteiger partial charge in [0.1, 0.15) is 0 Å². The summed E-state index contributed by atoms with van der Waals surface area (Å²) in [6.07, 6.45) is 2.15. The van der Waals surface area contributed by atoms with E-state index in [4.69, 9.17) is 0 Å². The number of carbonyl (C=O) groups is 5. The third kappa shape index (κ3) is 5.23. The summed E-state index contributed by atoms with van der Waals surface area (Å²) >= 11 is 0. The van der Waals surface area contributed by atoms with Crippen LogP contribution in [0.5, 0.6) is 5.75 Å². The molecule has 2 N–H and O–H groups in total. The highest BCUT2D eigenvalue weighted by atomic mass is 19.1. The largest absolute Gasteiger partial charge is 0.505 e. The van der Waals surface area contributed by atoms with Gasteiger partial charge in [-0.2, -0.15) is 5.01 Å². The molecule has 3 fully saturated rings. The summed E-state index contributed by atoms with van der Waals surface area (Å²) < 4.78 is 15.4. The molecule has 56 heavy (non-hydrogen) atoms. The molecule has 2 aliphatic heterocycles. The molecule has 2 saturated heterocycles. The molecule has 2 heterocycles. The van der Waals surface area contributed by atoms with Crippen molar-refractivity contribution in [3.63, 3.8) is 0 Å². The number of phenols is 1. The number of amides is 4. The molecule has 0 aromatic heterocycles. The van der Waals surface area contributed by atoms with Crippen molar-refractivity contribution in [1.29, 1.82) is 0 Å². The number of nitrogens with one attached hydrogen (secondary N) is 1. The molecule has 0 bridgehead atoms. The molecule has 4 amide bonds. The van der Waals surface area contributed by atoms with E-state index in [1.807, 2.05) is 37.3 Å². The summed E-state index contributed by atoms with van der Waals surface area (Å²) in [5.74, 6) is -7.72. The number of rotatable bonds is 7. The second-order valence-corrected chi connectivity index (χ2v) is 15.1. The number of fused-ring (bicyclic) bond motifs is 4. The maximum atomic E-state index is 15.4. The number of aromatic hydroxyl groups is 1. The average Bonchev–Trinajstić information content (AvgIpc) is 3.60. The molecule has 1 saturated carbocycles. The minimum absolute atomic E-state index is 0.0764. The summed E-state index contributed by atoms with van der Waals surface area (Å²) in [5, 5.41) is 11.3. The van der Waals surface area contributed by atoms with Crippen LogP contribution in [0.1, 0.15) is 51.4 Å². The first-order valence-corrected chi connectivity index (χ1v) is 18.6. The number of aryl methyl sites for hydroxylation is 1. The summed E-state index contributed by atoms with van der Waals surface area (Å²) in [6, 6.07) is 35.4. The Kier molecular flexibility index (Phi) is 8.30. The molecule has 2 aliphatic carbocycles. The Morgan fingerprint density at radius 3 is 2.11 bits per heavy atom. The van der Waals surface area contributed by atoms with E-state index < -0.39 is 64.3 Å². The lowest BCUT2D eigenvalue weighted by atomic mass is 9.49. The van der Waals surface area contributed by atoms with Crippen LogP contribution < -0.4 is 10.3 Å². The first-order valence-electron chi connectivity index (χ1n) is 18.6. The van der Waals surface area contributed by atoms with Crippen molar-refractivity contribution in [3.8, 4) is 5.75 Å². The molecule has 278 valence electrons. The fraction of sp³-hybridized carbons (Fsp3) is 0.196. The highest BCUT2D eigenvalue weighted by Gasteiger charge is 2.70. The van der Waals surface area contributed by atoms with Crippen molar-refractivity contribution in [3.05, 3.63) is 173 Å². The zero-order valence-corrected chi connectivity index (χ0v) is 30.3. The van der Waals surface area contributed by atoms with Crippen LogP contribution in [0.4, 0.5) is 15.8 Å². The van der Waals surface area contributed by atoms with Crippen LogP contribution in [-0.4, -0.2) is 39.5 Å². The lowest BCUT2D eigenvalue weighted by Crippen LogP contribution is -2.53. The van der Waals surface area contributed by atoms with E-state index in [1.165, 1.54) is 17.0 Å². The number of allylic oxidation sites excluding steroid dienone is 2. The maximum Gasteiger partial charge on any atom is 0.260 e. The highest BCUT2D eigenvalue weighted by Crippen LogP contribution is 2.64. The van der Waals surface area contributed by atoms with Gasteiger partial charge in [0.2, 0.25) is 11.8 Å².